The van der Waals surface area contributed by atoms with Crippen LogP contribution in [0.1, 0.15) is 10.4 Å². The number of anilines is 1. The SMILES string of the molecule is C=CCN(CC=C)c1c(Cl)cccc1C=O. The maximum absolute atomic E-state index is 11.0. The van der Waals surface area contributed by atoms with E-state index in [-0.39, 0.29) is 0 Å². The fourth-order valence-electron chi connectivity index (χ4n) is 1.53. The zero-order valence-corrected chi connectivity index (χ0v) is 9.78. The molecule has 0 aromatic heterocycles. The van der Waals surface area contributed by atoms with Gasteiger partial charge in [0.15, 0.2) is 6.29 Å². The Morgan fingerprint density at radius 3 is 2.38 bits per heavy atom. The molecule has 2 nitrogen and oxygen atoms in total. The average molecular weight is 236 g/mol. The highest BCUT2D eigenvalue weighted by Crippen LogP contribution is 2.28. The molecule has 0 fully saturated rings. The molecule has 16 heavy (non-hydrogen) atoms. The van der Waals surface area contributed by atoms with Crippen LogP contribution < -0.4 is 4.90 Å². The van der Waals surface area contributed by atoms with E-state index in [9.17, 15) is 4.79 Å². The molecule has 1 aromatic rings. The lowest BCUT2D eigenvalue weighted by molar-refractivity contribution is 0.112. The highest BCUT2D eigenvalue weighted by Gasteiger charge is 2.12. The van der Waals surface area contributed by atoms with Crippen LogP contribution in [0.2, 0.25) is 5.02 Å². The summed E-state index contributed by atoms with van der Waals surface area (Å²) in [5.41, 5.74) is 1.31. The summed E-state index contributed by atoms with van der Waals surface area (Å²) >= 11 is 6.11. The van der Waals surface area contributed by atoms with Crippen molar-refractivity contribution in [3.63, 3.8) is 0 Å². The number of rotatable bonds is 6. The molecule has 0 aliphatic carbocycles. The molecule has 0 heterocycles. The van der Waals surface area contributed by atoms with Gasteiger partial charge in [-0.2, -0.15) is 0 Å². The molecule has 84 valence electrons. The van der Waals surface area contributed by atoms with E-state index >= 15 is 0 Å². The highest BCUT2D eigenvalue weighted by molar-refractivity contribution is 6.33. The Bertz CT molecular complexity index is 391. The van der Waals surface area contributed by atoms with Gasteiger partial charge >= 0.3 is 0 Å². The summed E-state index contributed by atoms with van der Waals surface area (Å²) in [4.78, 5) is 12.9. The van der Waals surface area contributed by atoms with Crippen molar-refractivity contribution >= 4 is 23.6 Å². The van der Waals surface area contributed by atoms with Crippen molar-refractivity contribution in [1.82, 2.24) is 0 Å². The van der Waals surface area contributed by atoms with E-state index in [1.54, 1.807) is 30.4 Å². The smallest absolute Gasteiger partial charge is 0.152 e. The van der Waals surface area contributed by atoms with Gasteiger partial charge < -0.3 is 4.90 Å². The monoisotopic (exact) mass is 235 g/mol. The molecule has 0 radical (unpaired) electrons. The van der Waals surface area contributed by atoms with Gasteiger partial charge in [-0.1, -0.05) is 29.8 Å². The highest BCUT2D eigenvalue weighted by atomic mass is 35.5. The van der Waals surface area contributed by atoms with Crippen LogP contribution in [0.25, 0.3) is 0 Å². The van der Waals surface area contributed by atoms with Gasteiger partial charge in [0, 0.05) is 18.7 Å². The van der Waals surface area contributed by atoms with Crippen molar-refractivity contribution in [2.45, 2.75) is 0 Å². The number of aldehydes is 1. The van der Waals surface area contributed by atoms with Crippen LogP contribution in [0, 0.1) is 0 Å². The quantitative estimate of drug-likeness (QED) is 0.557. The van der Waals surface area contributed by atoms with Crippen LogP contribution in [-0.4, -0.2) is 19.4 Å². The molecule has 0 amide bonds. The van der Waals surface area contributed by atoms with Crippen LogP contribution in [0.15, 0.2) is 43.5 Å². The molecule has 0 bridgehead atoms. The van der Waals surface area contributed by atoms with Crippen molar-refractivity contribution < 1.29 is 4.79 Å². The largest absolute Gasteiger partial charge is 0.362 e. The molecule has 0 saturated carbocycles. The first-order valence-corrected chi connectivity index (χ1v) is 5.32. The number of carbonyl (C=O) groups is 1. The van der Waals surface area contributed by atoms with E-state index in [2.05, 4.69) is 13.2 Å². The van der Waals surface area contributed by atoms with Gasteiger partial charge in [-0.25, -0.2) is 0 Å². The van der Waals surface area contributed by atoms with E-state index in [4.69, 9.17) is 11.6 Å². The molecule has 3 heteroatoms. The Hall–Kier alpha value is -1.54. The topological polar surface area (TPSA) is 20.3 Å². The molecule has 0 aliphatic rings. The second-order valence-electron chi connectivity index (χ2n) is 3.28. The van der Waals surface area contributed by atoms with Crippen LogP contribution in [0.3, 0.4) is 0 Å². The number of hydrogen-bond donors (Lipinski definition) is 0. The molecule has 1 rings (SSSR count). The van der Waals surface area contributed by atoms with Crippen molar-refractivity contribution in [1.29, 1.82) is 0 Å². The lowest BCUT2D eigenvalue weighted by Crippen LogP contribution is -2.24. The fourth-order valence-corrected chi connectivity index (χ4v) is 1.83. The maximum atomic E-state index is 11.0. The van der Waals surface area contributed by atoms with Crippen molar-refractivity contribution in [2.75, 3.05) is 18.0 Å². The van der Waals surface area contributed by atoms with Gasteiger partial charge in [-0.05, 0) is 12.1 Å². The molecular formula is C13H14ClNO. The Morgan fingerprint density at radius 2 is 1.88 bits per heavy atom. The van der Waals surface area contributed by atoms with E-state index in [1.807, 2.05) is 4.90 Å². The average Bonchev–Trinajstić information content (AvgIpc) is 2.28. The minimum Gasteiger partial charge on any atom is -0.362 e. The summed E-state index contributed by atoms with van der Waals surface area (Å²) in [6.07, 6.45) is 4.34. The van der Waals surface area contributed by atoms with Crippen LogP contribution >= 0.6 is 11.6 Å². The summed E-state index contributed by atoms with van der Waals surface area (Å²) in [6.45, 7) is 8.62. The van der Waals surface area contributed by atoms with Gasteiger partial charge in [0.1, 0.15) is 0 Å². The number of para-hydroxylation sites is 1. The number of benzene rings is 1. The first kappa shape index (κ1) is 12.5. The molecular weight excluding hydrogens is 222 g/mol. The van der Waals surface area contributed by atoms with E-state index < -0.39 is 0 Å². The predicted molar refractivity (Wildman–Crippen MR) is 69.4 cm³/mol. The molecule has 0 aliphatic heterocycles. The minimum atomic E-state index is 0.563. The van der Waals surface area contributed by atoms with Crippen LogP contribution in [-0.2, 0) is 0 Å². The molecule has 0 spiro atoms. The molecule has 0 atom stereocenters. The van der Waals surface area contributed by atoms with Gasteiger partial charge in [0.25, 0.3) is 0 Å². The summed E-state index contributed by atoms with van der Waals surface area (Å²) < 4.78 is 0. The van der Waals surface area contributed by atoms with Crippen molar-refractivity contribution in [3.05, 3.63) is 54.1 Å². The Morgan fingerprint density at radius 1 is 1.25 bits per heavy atom. The van der Waals surface area contributed by atoms with Gasteiger partial charge in [0.2, 0.25) is 0 Å². The van der Waals surface area contributed by atoms with E-state index in [1.165, 1.54) is 0 Å². The second-order valence-corrected chi connectivity index (χ2v) is 3.69. The molecule has 0 unspecified atom stereocenters. The lowest BCUT2D eigenvalue weighted by Gasteiger charge is -2.24. The third-order valence-corrected chi connectivity index (χ3v) is 2.47. The zero-order valence-electron chi connectivity index (χ0n) is 9.03. The molecule has 0 N–H and O–H groups in total. The standard InChI is InChI=1S/C13H14ClNO/c1-3-8-15(9-4-2)13-11(10-16)6-5-7-12(13)14/h3-7,10H,1-2,8-9H2. The molecule has 0 saturated heterocycles. The van der Waals surface area contributed by atoms with E-state index in [0.29, 0.717) is 23.7 Å². The number of carbonyl (C=O) groups excluding carboxylic acids is 1. The summed E-state index contributed by atoms with van der Waals surface area (Å²) in [6, 6.07) is 5.27. The van der Waals surface area contributed by atoms with Gasteiger partial charge in [-0.15, -0.1) is 13.2 Å². The Labute approximate surface area is 101 Å². The minimum absolute atomic E-state index is 0.563. The Kier molecular flexibility index (Phi) is 4.80. The van der Waals surface area contributed by atoms with Crippen molar-refractivity contribution in [3.8, 4) is 0 Å². The maximum Gasteiger partial charge on any atom is 0.152 e. The van der Waals surface area contributed by atoms with Crippen LogP contribution in [0.5, 0.6) is 0 Å². The first-order chi connectivity index (χ1) is 7.74. The third-order valence-electron chi connectivity index (χ3n) is 2.16. The lowest BCUT2D eigenvalue weighted by atomic mass is 10.1. The number of halogens is 1. The fraction of sp³-hybridized carbons (Fsp3) is 0.154. The van der Waals surface area contributed by atoms with Crippen LogP contribution in [0.4, 0.5) is 5.69 Å². The summed E-state index contributed by atoms with van der Waals surface area (Å²) in [5.74, 6) is 0. The predicted octanol–water partition coefficient (Wildman–Crippen LogP) is 3.33. The molecule has 1 aromatic carbocycles. The third kappa shape index (κ3) is 2.74. The first-order valence-electron chi connectivity index (χ1n) is 4.95. The van der Waals surface area contributed by atoms with Gasteiger partial charge in [-0.3, -0.25) is 4.79 Å². The zero-order chi connectivity index (χ0) is 12.0. The summed E-state index contributed by atoms with van der Waals surface area (Å²) in [7, 11) is 0. The number of hydrogen-bond acceptors (Lipinski definition) is 2. The van der Waals surface area contributed by atoms with Gasteiger partial charge in [0.05, 0.1) is 10.7 Å². The van der Waals surface area contributed by atoms with Crippen molar-refractivity contribution in [2.24, 2.45) is 0 Å². The Balaban J connectivity index is 3.19. The summed E-state index contributed by atoms with van der Waals surface area (Å²) in [5, 5.41) is 0.563. The second kappa shape index (κ2) is 6.13. The normalized spacial score (nSPS) is 9.56. The van der Waals surface area contributed by atoms with E-state index in [0.717, 1.165) is 12.0 Å². The number of nitrogens with zero attached hydrogens (tertiary/aromatic N) is 1.